The van der Waals surface area contributed by atoms with Gasteiger partial charge in [-0.2, -0.15) is 0 Å². The molecule has 5 nitrogen and oxygen atoms in total. The number of methoxy groups -OCH3 is 1. The first-order chi connectivity index (χ1) is 10.6. The van der Waals surface area contributed by atoms with Crippen molar-refractivity contribution in [3.8, 4) is 5.75 Å². The third kappa shape index (κ3) is 5.59. The number of likely N-dealkylation sites (N-methyl/N-ethyl adjacent to an activating group) is 1. The third-order valence-corrected chi connectivity index (χ3v) is 3.53. The molecule has 7 heteroatoms. The maximum atomic E-state index is 12.6. The molecule has 0 aliphatic heterocycles. The average molecular weight is 361 g/mol. The van der Waals surface area contributed by atoms with E-state index >= 15 is 0 Å². The van der Waals surface area contributed by atoms with Gasteiger partial charge in [-0.25, -0.2) is 0 Å². The van der Waals surface area contributed by atoms with Crippen LogP contribution in [-0.2, 0) is 4.79 Å². The van der Waals surface area contributed by atoms with Crippen molar-refractivity contribution in [2.75, 3.05) is 20.2 Å². The van der Waals surface area contributed by atoms with Crippen LogP contribution < -0.4 is 10.1 Å². The summed E-state index contributed by atoms with van der Waals surface area (Å²) in [6, 6.07) is 2.97. The van der Waals surface area contributed by atoms with Crippen LogP contribution >= 0.6 is 23.2 Å². The van der Waals surface area contributed by atoms with E-state index < -0.39 is 0 Å². The molecule has 2 amide bonds. The van der Waals surface area contributed by atoms with Gasteiger partial charge < -0.3 is 15.0 Å². The molecule has 128 valence electrons. The number of hydrogen-bond acceptors (Lipinski definition) is 3. The summed E-state index contributed by atoms with van der Waals surface area (Å²) in [5.74, 6) is -0.222. The van der Waals surface area contributed by atoms with Crippen molar-refractivity contribution in [1.29, 1.82) is 0 Å². The Balaban J connectivity index is 2.95. The van der Waals surface area contributed by atoms with E-state index in [-0.39, 0.29) is 33.9 Å². The smallest absolute Gasteiger partial charge is 0.254 e. The van der Waals surface area contributed by atoms with Gasteiger partial charge in [0.15, 0.2) is 5.75 Å². The number of nitrogens with one attached hydrogen (secondary N) is 1. The highest BCUT2D eigenvalue weighted by Gasteiger charge is 2.22. The number of rotatable bonds is 5. The molecule has 0 bridgehead atoms. The number of halogens is 2. The lowest BCUT2D eigenvalue weighted by atomic mass is 10.1. The van der Waals surface area contributed by atoms with Gasteiger partial charge in [0, 0.05) is 17.6 Å². The molecule has 0 saturated carbocycles. The Bertz CT molecular complexity index is 574. The van der Waals surface area contributed by atoms with Gasteiger partial charge in [0.25, 0.3) is 5.91 Å². The van der Waals surface area contributed by atoms with Gasteiger partial charge in [-0.1, -0.05) is 23.2 Å². The lowest BCUT2D eigenvalue weighted by molar-refractivity contribution is -0.123. The molecule has 0 aromatic heterocycles. The van der Waals surface area contributed by atoms with Crippen molar-refractivity contribution in [3.05, 3.63) is 27.7 Å². The predicted molar refractivity (Wildman–Crippen MR) is 92.5 cm³/mol. The summed E-state index contributed by atoms with van der Waals surface area (Å²) in [4.78, 5) is 26.0. The zero-order chi connectivity index (χ0) is 17.8. The van der Waals surface area contributed by atoms with Crippen molar-refractivity contribution >= 4 is 35.0 Å². The fraction of sp³-hybridized carbons (Fsp3) is 0.500. The van der Waals surface area contributed by atoms with E-state index in [2.05, 4.69) is 5.32 Å². The zero-order valence-electron chi connectivity index (χ0n) is 14.0. The first-order valence-corrected chi connectivity index (χ1v) is 7.98. The highest BCUT2D eigenvalue weighted by molar-refractivity contribution is 6.37. The van der Waals surface area contributed by atoms with E-state index in [0.29, 0.717) is 17.9 Å². The molecule has 23 heavy (non-hydrogen) atoms. The second-order valence-electron chi connectivity index (χ2n) is 6.09. The van der Waals surface area contributed by atoms with Gasteiger partial charge in [-0.3, -0.25) is 9.59 Å². The SMILES string of the molecule is CCN(CC(=O)NC(C)(C)C)C(=O)c1cc(Cl)c(OC)c(Cl)c1. The summed E-state index contributed by atoms with van der Waals surface area (Å²) in [6.45, 7) is 7.80. The van der Waals surface area contributed by atoms with Crippen LogP contribution in [0.3, 0.4) is 0 Å². The Morgan fingerprint density at radius 2 is 1.74 bits per heavy atom. The van der Waals surface area contributed by atoms with E-state index in [0.717, 1.165) is 0 Å². The molecule has 0 spiro atoms. The Morgan fingerprint density at radius 1 is 1.22 bits per heavy atom. The molecule has 0 heterocycles. The highest BCUT2D eigenvalue weighted by atomic mass is 35.5. The highest BCUT2D eigenvalue weighted by Crippen LogP contribution is 2.34. The maximum absolute atomic E-state index is 12.6. The van der Waals surface area contributed by atoms with Crippen molar-refractivity contribution in [1.82, 2.24) is 10.2 Å². The largest absolute Gasteiger partial charge is 0.494 e. The summed E-state index contributed by atoms with van der Waals surface area (Å²) in [5, 5.41) is 3.32. The third-order valence-electron chi connectivity index (χ3n) is 2.97. The number of carbonyl (C=O) groups is 2. The van der Waals surface area contributed by atoms with Crippen LogP contribution in [0.4, 0.5) is 0 Å². The Hall–Kier alpha value is -1.46. The molecule has 0 radical (unpaired) electrons. The second kappa shape index (κ2) is 7.88. The van der Waals surface area contributed by atoms with Crippen LogP contribution in [0, 0.1) is 0 Å². The van der Waals surface area contributed by atoms with E-state index in [1.807, 2.05) is 20.8 Å². The average Bonchev–Trinajstić information content (AvgIpc) is 2.41. The Morgan fingerprint density at radius 3 is 2.13 bits per heavy atom. The number of benzene rings is 1. The summed E-state index contributed by atoms with van der Waals surface area (Å²) in [7, 11) is 1.45. The lowest BCUT2D eigenvalue weighted by Crippen LogP contribution is -2.47. The summed E-state index contributed by atoms with van der Waals surface area (Å²) >= 11 is 12.1. The van der Waals surface area contributed by atoms with Gasteiger partial charge in [0.1, 0.15) is 0 Å². The second-order valence-corrected chi connectivity index (χ2v) is 6.91. The van der Waals surface area contributed by atoms with Gasteiger partial charge in [0.05, 0.1) is 23.7 Å². The molecule has 1 N–H and O–H groups in total. The molecular formula is C16H22Cl2N2O3. The zero-order valence-corrected chi connectivity index (χ0v) is 15.5. The molecule has 1 aromatic rings. The minimum absolute atomic E-state index is 0.0339. The lowest BCUT2D eigenvalue weighted by Gasteiger charge is -2.25. The normalized spacial score (nSPS) is 11.1. The Kier molecular flexibility index (Phi) is 6.71. The van der Waals surface area contributed by atoms with Crippen molar-refractivity contribution < 1.29 is 14.3 Å². The van der Waals surface area contributed by atoms with Gasteiger partial charge in [0.2, 0.25) is 5.91 Å². The quantitative estimate of drug-likeness (QED) is 0.875. The van der Waals surface area contributed by atoms with Crippen LogP contribution in [0.2, 0.25) is 10.0 Å². The van der Waals surface area contributed by atoms with E-state index in [4.69, 9.17) is 27.9 Å². The molecule has 0 saturated heterocycles. The fourth-order valence-electron chi connectivity index (χ4n) is 2.02. The molecule has 0 unspecified atom stereocenters. The molecule has 1 aromatic carbocycles. The molecule has 0 aliphatic rings. The number of amides is 2. The topological polar surface area (TPSA) is 58.6 Å². The van der Waals surface area contributed by atoms with Crippen molar-refractivity contribution in [3.63, 3.8) is 0 Å². The summed E-state index contributed by atoms with van der Waals surface area (Å²) < 4.78 is 5.06. The standard InChI is InChI=1S/C16H22Cl2N2O3/c1-6-20(9-13(21)19-16(2,3)4)15(22)10-7-11(17)14(23-5)12(18)8-10/h7-8H,6,9H2,1-5H3,(H,19,21). The summed E-state index contributed by atoms with van der Waals surface area (Å²) in [6.07, 6.45) is 0. The van der Waals surface area contributed by atoms with Crippen molar-refractivity contribution in [2.45, 2.75) is 33.2 Å². The van der Waals surface area contributed by atoms with Gasteiger partial charge in [-0.15, -0.1) is 0 Å². The number of hydrogen-bond donors (Lipinski definition) is 1. The number of ether oxygens (including phenoxy) is 1. The first kappa shape index (κ1) is 19.6. The first-order valence-electron chi connectivity index (χ1n) is 7.22. The molecular weight excluding hydrogens is 339 g/mol. The van der Waals surface area contributed by atoms with Gasteiger partial charge >= 0.3 is 0 Å². The summed E-state index contributed by atoms with van der Waals surface area (Å²) in [5.41, 5.74) is -0.0436. The van der Waals surface area contributed by atoms with Crippen LogP contribution in [0.25, 0.3) is 0 Å². The number of carbonyl (C=O) groups excluding carboxylic acids is 2. The van der Waals surface area contributed by atoms with Gasteiger partial charge in [-0.05, 0) is 39.8 Å². The van der Waals surface area contributed by atoms with Crippen LogP contribution in [0.1, 0.15) is 38.1 Å². The van der Waals surface area contributed by atoms with Crippen molar-refractivity contribution in [2.24, 2.45) is 0 Å². The fourth-order valence-corrected chi connectivity index (χ4v) is 2.66. The number of nitrogens with zero attached hydrogens (tertiary/aromatic N) is 1. The van der Waals surface area contributed by atoms with E-state index in [9.17, 15) is 9.59 Å². The monoisotopic (exact) mass is 360 g/mol. The van der Waals surface area contributed by atoms with E-state index in [1.54, 1.807) is 6.92 Å². The molecule has 1 rings (SSSR count). The van der Waals surface area contributed by atoms with E-state index in [1.165, 1.54) is 24.1 Å². The Labute approximate surface area is 146 Å². The molecule has 0 fully saturated rings. The molecule has 0 aliphatic carbocycles. The van der Waals surface area contributed by atoms with Crippen LogP contribution in [0.5, 0.6) is 5.75 Å². The minimum Gasteiger partial charge on any atom is -0.494 e. The maximum Gasteiger partial charge on any atom is 0.254 e. The minimum atomic E-state index is -0.355. The van der Waals surface area contributed by atoms with Crippen LogP contribution in [0.15, 0.2) is 12.1 Å². The predicted octanol–water partition coefficient (Wildman–Crippen LogP) is 3.38. The van der Waals surface area contributed by atoms with Crippen LogP contribution in [-0.4, -0.2) is 42.5 Å². The molecule has 0 atom stereocenters.